The molecular formula is C14H17N3O4. The Morgan fingerprint density at radius 1 is 1.10 bits per heavy atom. The summed E-state index contributed by atoms with van der Waals surface area (Å²) in [5.74, 6) is -2.39. The molecule has 0 radical (unpaired) electrons. The Hall–Kier alpha value is -2.57. The Balaban J connectivity index is 2.05. The maximum atomic E-state index is 12.2. The summed E-state index contributed by atoms with van der Waals surface area (Å²) in [5, 5.41) is 14.2. The molecule has 1 saturated carbocycles. The number of carbonyl (C=O) groups excluding carboxylic acids is 2. The fourth-order valence-electron chi connectivity index (χ4n) is 2.62. The standard InChI is InChI=1S/C14H17N3O4/c15-14(21)17-9-4-1-3-8(7-9)16-12(18)10-5-2-6-11(10)13(19)20/h1,3-4,7,10-11H,2,5-6H2,(H,16,18)(H,19,20)(H3,15,17,21)/t10-,11+/m1/s1. The lowest BCUT2D eigenvalue weighted by Crippen LogP contribution is -2.30. The monoisotopic (exact) mass is 291 g/mol. The van der Waals surface area contributed by atoms with Crippen molar-refractivity contribution in [3.8, 4) is 0 Å². The van der Waals surface area contributed by atoms with Crippen molar-refractivity contribution in [2.24, 2.45) is 17.6 Å². The number of rotatable bonds is 4. The molecule has 1 aliphatic rings. The summed E-state index contributed by atoms with van der Waals surface area (Å²) in [6, 6.07) is 5.82. The summed E-state index contributed by atoms with van der Waals surface area (Å²) in [6.07, 6.45) is 1.83. The molecule has 7 heteroatoms. The van der Waals surface area contributed by atoms with E-state index >= 15 is 0 Å². The number of benzene rings is 1. The van der Waals surface area contributed by atoms with E-state index in [0.29, 0.717) is 24.2 Å². The Morgan fingerprint density at radius 2 is 1.71 bits per heavy atom. The van der Waals surface area contributed by atoms with Crippen LogP contribution in [0.2, 0.25) is 0 Å². The molecule has 0 saturated heterocycles. The quantitative estimate of drug-likeness (QED) is 0.673. The van der Waals surface area contributed by atoms with Crippen molar-refractivity contribution < 1.29 is 19.5 Å². The zero-order valence-electron chi connectivity index (χ0n) is 11.3. The highest BCUT2D eigenvalue weighted by atomic mass is 16.4. The highest BCUT2D eigenvalue weighted by Crippen LogP contribution is 2.33. The number of amides is 3. The molecule has 0 aromatic heterocycles. The lowest BCUT2D eigenvalue weighted by molar-refractivity contribution is -0.145. The molecule has 112 valence electrons. The van der Waals surface area contributed by atoms with E-state index in [2.05, 4.69) is 10.6 Å². The van der Waals surface area contributed by atoms with Crippen LogP contribution in [-0.4, -0.2) is 23.0 Å². The Kier molecular flexibility index (Phi) is 4.42. The smallest absolute Gasteiger partial charge is 0.316 e. The molecular weight excluding hydrogens is 274 g/mol. The molecule has 0 heterocycles. The van der Waals surface area contributed by atoms with Crippen LogP contribution in [0.1, 0.15) is 19.3 Å². The number of primary amides is 1. The van der Waals surface area contributed by atoms with Gasteiger partial charge in [-0.05, 0) is 31.0 Å². The van der Waals surface area contributed by atoms with Crippen LogP contribution in [0.5, 0.6) is 0 Å². The van der Waals surface area contributed by atoms with E-state index in [0.717, 1.165) is 6.42 Å². The zero-order valence-corrected chi connectivity index (χ0v) is 11.3. The van der Waals surface area contributed by atoms with E-state index in [1.54, 1.807) is 24.3 Å². The first-order chi connectivity index (χ1) is 9.97. The first-order valence-corrected chi connectivity index (χ1v) is 6.67. The number of urea groups is 1. The van der Waals surface area contributed by atoms with E-state index < -0.39 is 23.8 Å². The molecule has 1 fully saturated rings. The first-order valence-electron chi connectivity index (χ1n) is 6.67. The molecule has 1 aliphatic carbocycles. The highest BCUT2D eigenvalue weighted by Gasteiger charge is 2.37. The number of carboxylic acids is 1. The van der Waals surface area contributed by atoms with E-state index in [1.807, 2.05) is 0 Å². The third kappa shape index (κ3) is 3.71. The van der Waals surface area contributed by atoms with Gasteiger partial charge < -0.3 is 21.5 Å². The van der Waals surface area contributed by atoms with Gasteiger partial charge in [-0.1, -0.05) is 12.5 Å². The van der Waals surface area contributed by atoms with Crippen LogP contribution in [0.4, 0.5) is 16.2 Å². The van der Waals surface area contributed by atoms with Gasteiger partial charge in [-0.3, -0.25) is 9.59 Å². The van der Waals surface area contributed by atoms with Crippen LogP contribution in [-0.2, 0) is 9.59 Å². The number of nitrogens with one attached hydrogen (secondary N) is 2. The number of hydrogen-bond acceptors (Lipinski definition) is 3. The van der Waals surface area contributed by atoms with Crippen LogP contribution < -0.4 is 16.4 Å². The number of anilines is 2. The van der Waals surface area contributed by atoms with Crippen molar-refractivity contribution in [3.05, 3.63) is 24.3 Å². The van der Waals surface area contributed by atoms with Crippen LogP contribution in [0.25, 0.3) is 0 Å². The number of carboxylic acid groups (broad SMARTS) is 1. The van der Waals surface area contributed by atoms with Gasteiger partial charge in [0.25, 0.3) is 0 Å². The molecule has 2 atom stereocenters. The number of aliphatic carboxylic acids is 1. The van der Waals surface area contributed by atoms with Gasteiger partial charge in [0.2, 0.25) is 5.91 Å². The van der Waals surface area contributed by atoms with Gasteiger partial charge in [-0.2, -0.15) is 0 Å². The minimum Gasteiger partial charge on any atom is -0.481 e. The third-order valence-electron chi connectivity index (χ3n) is 3.57. The van der Waals surface area contributed by atoms with E-state index in [9.17, 15) is 14.4 Å². The molecule has 7 nitrogen and oxygen atoms in total. The van der Waals surface area contributed by atoms with Crippen molar-refractivity contribution in [3.63, 3.8) is 0 Å². The second-order valence-electron chi connectivity index (χ2n) is 5.04. The van der Waals surface area contributed by atoms with Crippen LogP contribution in [0.15, 0.2) is 24.3 Å². The maximum Gasteiger partial charge on any atom is 0.316 e. The predicted molar refractivity (Wildman–Crippen MR) is 76.7 cm³/mol. The largest absolute Gasteiger partial charge is 0.481 e. The average molecular weight is 291 g/mol. The average Bonchev–Trinajstić information content (AvgIpc) is 2.87. The van der Waals surface area contributed by atoms with Crippen molar-refractivity contribution in [2.75, 3.05) is 10.6 Å². The first kappa shape index (κ1) is 14.8. The second-order valence-corrected chi connectivity index (χ2v) is 5.04. The molecule has 21 heavy (non-hydrogen) atoms. The van der Waals surface area contributed by atoms with E-state index in [1.165, 1.54) is 0 Å². The van der Waals surface area contributed by atoms with Crippen LogP contribution >= 0.6 is 0 Å². The van der Waals surface area contributed by atoms with Gasteiger partial charge in [0.15, 0.2) is 0 Å². The number of hydrogen-bond donors (Lipinski definition) is 4. The molecule has 3 amide bonds. The summed E-state index contributed by atoms with van der Waals surface area (Å²) in [4.78, 5) is 34.1. The summed E-state index contributed by atoms with van der Waals surface area (Å²) in [5.41, 5.74) is 5.97. The molecule has 1 aromatic carbocycles. The normalized spacial score (nSPS) is 20.8. The topological polar surface area (TPSA) is 122 Å². The van der Waals surface area contributed by atoms with Crippen molar-refractivity contribution in [2.45, 2.75) is 19.3 Å². The fraction of sp³-hybridized carbons (Fsp3) is 0.357. The number of carbonyl (C=O) groups is 3. The molecule has 0 unspecified atom stereocenters. The maximum absolute atomic E-state index is 12.2. The van der Waals surface area contributed by atoms with Crippen LogP contribution in [0.3, 0.4) is 0 Å². The minimum atomic E-state index is -0.934. The lowest BCUT2D eigenvalue weighted by Gasteiger charge is -2.16. The second kappa shape index (κ2) is 6.25. The van der Waals surface area contributed by atoms with Crippen molar-refractivity contribution >= 4 is 29.3 Å². The summed E-state index contributed by atoms with van der Waals surface area (Å²) < 4.78 is 0. The summed E-state index contributed by atoms with van der Waals surface area (Å²) in [6.45, 7) is 0. The van der Waals surface area contributed by atoms with E-state index in [-0.39, 0.29) is 5.91 Å². The lowest BCUT2D eigenvalue weighted by atomic mass is 9.95. The molecule has 0 spiro atoms. The molecule has 1 aromatic rings. The van der Waals surface area contributed by atoms with E-state index in [4.69, 9.17) is 10.8 Å². The molecule has 0 bridgehead atoms. The Labute approximate surface area is 121 Å². The van der Waals surface area contributed by atoms with Gasteiger partial charge in [-0.15, -0.1) is 0 Å². The third-order valence-corrected chi connectivity index (χ3v) is 3.57. The molecule has 0 aliphatic heterocycles. The highest BCUT2D eigenvalue weighted by molar-refractivity contribution is 5.96. The SMILES string of the molecule is NC(=O)Nc1cccc(NC(=O)[C@@H]2CCC[C@@H]2C(=O)O)c1. The predicted octanol–water partition coefficient (Wildman–Crippen LogP) is 1.62. The Bertz CT molecular complexity index is 573. The minimum absolute atomic E-state index is 0.309. The van der Waals surface area contributed by atoms with Crippen molar-refractivity contribution in [1.82, 2.24) is 0 Å². The van der Waals surface area contributed by atoms with Crippen molar-refractivity contribution in [1.29, 1.82) is 0 Å². The fourth-order valence-corrected chi connectivity index (χ4v) is 2.62. The zero-order chi connectivity index (χ0) is 15.4. The molecule has 2 rings (SSSR count). The van der Waals surface area contributed by atoms with Gasteiger partial charge in [0.05, 0.1) is 11.8 Å². The summed E-state index contributed by atoms with van der Waals surface area (Å²) >= 11 is 0. The Morgan fingerprint density at radius 3 is 2.33 bits per heavy atom. The summed E-state index contributed by atoms with van der Waals surface area (Å²) in [7, 11) is 0. The van der Waals surface area contributed by atoms with Gasteiger partial charge in [0.1, 0.15) is 0 Å². The molecule has 5 N–H and O–H groups in total. The van der Waals surface area contributed by atoms with Gasteiger partial charge >= 0.3 is 12.0 Å². The van der Waals surface area contributed by atoms with Crippen LogP contribution in [0, 0.1) is 11.8 Å². The van der Waals surface area contributed by atoms with Gasteiger partial charge in [-0.25, -0.2) is 4.79 Å². The van der Waals surface area contributed by atoms with Gasteiger partial charge in [0, 0.05) is 11.4 Å². The number of nitrogens with two attached hydrogens (primary N) is 1.